The van der Waals surface area contributed by atoms with Gasteiger partial charge in [-0.1, -0.05) is 6.92 Å². The Morgan fingerprint density at radius 3 is 2.47 bits per heavy atom. The van der Waals surface area contributed by atoms with Crippen LogP contribution < -0.4 is 0 Å². The Kier molecular flexibility index (Phi) is 4.14. The van der Waals surface area contributed by atoms with Crippen LogP contribution in [0.2, 0.25) is 0 Å². The van der Waals surface area contributed by atoms with Crippen molar-refractivity contribution in [3.05, 3.63) is 0 Å². The Hall–Kier alpha value is -0.570. The molecule has 3 heteroatoms. The maximum atomic E-state index is 11.4. The zero-order valence-corrected chi connectivity index (χ0v) is 9.95. The molecule has 1 aliphatic carbocycles. The lowest BCUT2D eigenvalue weighted by Crippen LogP contribution is -2.38. The van der Waals surface area contributed by atoms with Crippen LogP contribution >= 0.6 is 0 Å². The Morgan fingerprint density at radius 2 is 2.07 bits per heavy atom. The number of ether oxygens (including phenoxy) is 1. The number of carbonyl (C=O) groups is 1. The summed E-state index contributed by atoms with van der Waals surface area (Å²) in [7, 11) is 1.64. The highest BCUT2D eigenvalue weighted by molar-refractivity contribution is 5.74. The first kappa shape index (κ1) is 12.5. The topological polar surface area (TPSA) is 46.5 Å². The van der Waals surface area contributed by atoms with Gasteiger partial charge in [-0.15, -0.1) is 0 Å². The molecule has 0 aromatic heterocycles. The van der Waals surface area contributed by atoms with Gasteiger partial charge in [-0.05, 0) is 44.9 Å². The molecule has 15 heavy (non-hydrogen) atoms. The molecule has 1 unspecified atom stereocenters. The summed E-state index contributed by atoms with van der Waals surface area (Å²) in [6.07, 6.45) is 4.35. The molecule has 0 bridgehead atoms. The molecule has 1 aliphatic rings. The minimum absolute atomic E-state index is 0.0366. The van der Waals surface area contributed by atoms with Crippen molar-refractivity contribution in [2.75, 3.05) is 7.11 Å². The van der Waals surface area contributed by atoms with Crippen molar-refractivity contribution < 1.29 is 14.6 Å². The Bertz CT molecular complexity index is 217. The minimum Gasteiger partial charge on any atom is -0.481 e. The van der Waals surface area contributed by atoms with Gasteiger partial charge < -0.3 is 9.84 Å². The maximum Gasteiger partial charge on any atom is 0.309 e. The first-order chi connectivity index (χ1) is 7.00. The lowest BCUT2D eigenvalue weighted by molar-refractivity contribution is -0.154. The standard InChI is InChI=1S/C12H22O3/c1-9-4-6-12(7-5-9,11(13)14)8-10(2)15-3/h9-10H,4-8H2,1-3H3,(H,13,14). The normalized spacial score (nSPS) is 33.7. The predicted molar refractivity (Wildman–Crippen MR) is 58.8 cm³/mol. The molecule has 0 amide bonds. The third-order valence-electron chi connectivity index (χ3n) is 3.77. The molecule has 0 saturated heterocycles. The van der Waals surface area contributed by atoms with Gasteiger partial charge in [0.05, 0.1) is 11.5 Å². The van der Waals surface area contributed by atoms with Crippen LogP contribution in [0.25, 0.3) is 0 Å². The average molecular weight is 214 g/mol. The lowest BCUT2D eigenvalue weighted by atomic mass is 9.68. The van der Waals surface area contributed by atoms with Gasteiger partial charge in [0.1, 0.15) is 0 Å². The molecular weight excluding hydrogens is 192 g/mol. The summed E-state index contributed by atoms with van der Waals surface area (Å²) in [5.74, 6) is 0.0358. The lowest BCUT2D eigenvalue weighted by Gasteiger charge is -2.37. The molecule has 1 rings (SSSR count). The van der Waals surface area contributed by atoms with Crippen LogP contribution in [0.3, 0.4) is 0 Å². The summed E-state index contributed by atoms with van der Waals surface area (Å²) in [6.45, 7) is 4.15. The van der Waals surface area contributed by atoms with Crippen LogP contribution in [0.5, 0.6) is 0 Å². The maximum absolute atomic E-state index is 11.4. The van der Waals surface area contributed by atoms with Crippen molar-refractivity contribution in [2.24, 2.45) is 11.3 Å². The largest absolute Gasteiger partial charge is 0.481 e. The van der Waals surface area contributed by atoms with E-state index in [4.69, 9.17) is 4.74 Å². The highest BCUT2D eigenvalue weighted by atomic mass is 16.5. The van der Waals surface area contributed by atoms with E-state index in [1.165, 1.54) is 0 Å². The Labute approximate surface area is 91.8 Å². The van der Waals surface area contributed by atoms with Crippen LogP contribution in [0.15, 0.2) is 0 Å². The predicted octanol–water partition coefficient (Wildman–Crippen LogP) is 2.69. The van der Waals surface area contributed by atoms with Crippen LogP contribution in [-0.2, 0) is 9.53 Å². The van der Waals surface area contributed by atoms with Gasteiger partial charge in [0.2, 0.25) is 0 Å². The number of methoxy groups -OCH3 is 1. The summed E-state index contributed by atoms with van der Waals surface area (Å²) < 4.78 is 5.19. The highest BCUT2D eigenvalue weighted by Crippen LogP contribution is 2.42. The second-order valence-corrected chi connectivity index (χ2v) is 5.02. The average Bonchev–Trinajstić information content (AvgIpc) is 2.21. The van der Waals surface area contributed by atoms with Gasteiger partial charge in [-0.25, -0.2) is 0 Å². The smallest absolute Gasteiger partial charge is 0.309 e. The molecule has 3 nitrogen and oxygen atoms in total. The van der Waals surface area contributed by atoms with Crippen LogP contribution in [-0.4, -0.2) is 24.3 Å². The van der Waals surface area contributed by atoms with E-state index in [1.54, 1.807) is 7.11 Å². The fourth-order valence-electron chi connectivity index (χ4n) is 2.45. The third-order valence-corrected chi connectivity index (χ3v) is 3.77. The van der Waals surface area contributed by atoms with Crippen molar-refractivity contribution in [2.45, 2.75) is 52.1 Å². The van der Waals surface area contributed by atoms with E-state index in [2.05, 4.69) is 6.92 Å². The van der Waals surface area contributed by atoms with E-state index in [0.717, 1.165) is 25.7 Å². The van der Waals surface area contributed by atoms with Gasteiger partial charge in [0.25, 0.3) is 0 Å². The minimum atomic E-state index is -0.640. The molecule has 1 atom stereocenters. The number of carboxylic acids is 1. The number of rotatable bonds is 4. The first-order valence-electron chi connectivity index (χ1n) is 5.76. The van der Waals surface area contributed by atoms with E-state index < -0.39 is 11.4 Å². The molecule has 0 spiro atoms. The quantitative estimate of drug-likeness (QED) is 0.782. The summed E-state index contributed by atoms with van der Waals surface area (Å²) >= 11 is 0. The van der Waals surface area contributed by atoms with Crippen molar-refractivity contribution in [3.8, 4) is 0 Å². The SMILES string of the molecule is COC(C)CC1(C(=O)O)CCC(C)CC1. The van der Waals surface area contributed by atoms with Crippen molar-refractivity contribution in [1.29, 1.82) is 0 Å². The van der Waals surface area contributed by atoms with Crippen molar-refractivity contribution in [1.82, 2.24) is 0 Å². The third kappa shape index (κ3) is 2.94. The van der Waals surface area contributed by atoms with E-state index >= 15 is 0 Å². The van der Waals surface area contributed by atoms with E-state index in [9.17, 15) is 9.90 Å². The first-order valence-corrected chi connectivity index (χ1v) is 5.76. The van der Waals surface area contributed by atoms with Gasteiger partial charge in [-0.2, -0.15) is 0 Å². The molecular formula is C12H22O3. The zero-order valence-electron chi connectivity index (χ0n) is 9.95. The van der Waals surface area contributed by atoms with E-state index in [1.807, 2.05) is 6.92 Å². The van der Waals surface area contributed by atoms with Gasteiger partial charge >= 0.3 is 5.97 Å². The van der Waals surface area contributed by atoms with Crippen molar-refractivity contribution >= 4 is 5.97 Å². The van der Waals surface area contributed by atoms with Crippen LogP contribution in [0.4, 0.5) is 0 Å². The number of hydrogen-bond donors (Lipinski definition) is 1. The molecule has 88 valence electrons. The molecule has 1 N–H and O–H groups in total. The number of hydrogen-bond acceptors (Lipinski definition) is 2. The summed E-state index contributed by atoms with van der Waals surface area (Å²) in [4.78, 5) is 11.4. The second kappa shape index (κ2) is 4.97. The molecule has 0 aromatic carbocycles. The van der Waals surface area contributed by atoms with Crippen LogP contribution in [0, 0.1) is 11.3 Å². The summed E-state index contributed by atoms with van der Waals surface area (Å²) in [5.41, 5.74) is -0.526. The summed E-state index contributed by atoms with van der Waals surface area (Å²) in [6, 6.07) is 0. The second-order valence-electron chi connectivity index (χ2n) is 5.02. The van der Waals surface area contributed by atoms with Crippen molar-refractivity contribution in [3.63, 3.8) is 0 Å². The van der Waals surface area contributed by atoms with Gasteiger partial charge in [0.15, 0.2) is 0 Å². The van der Waals surface area contributed by atoms with Gasteiger partial charge in [-0.3, -0.25) is 4.79 Å². The molecule has 1 fully saturated rings. The molecule has 0 aliphatic heterocycles. The molecule has 0 radical (unpaired) electrons. The fraction of sp³-hybridized carbons (Fsp3) is 0.917. The zero-order chi connectivity index (χ0) is 11.5. The monoisotopic (exact) mass is 214 g/mol. The molecule has 1 saturated carbocycles. The molecule has 0 heterocycles. The Balaban J connectivity index is 2.67. The molecule has 0 aromatic rings. The van der Waals surface area contributed by atoms with E-state index in [-0.39, 0.29) is 6.10 Å². The van der Waals surface area contributed by atoms with E-state index in [0.29, 0.717) is 12.3 Å². The Morgan fingerprint density at radius 1 is 1.53 bits per heavy atom. The highest BCUT2D eigenvalue weighted by Gasteiger charge is 2.42. The number of aliphatic carboxylic acids is 1. The van der Waals surface area contributed by atoms with Gasteiger partial charge in [0, 0.05) is 7.11 Å². The van der Waals surface area contributed by atoms with Crippen LogP contribution in [0.1, 0.15) is 46.0 Å². The number of carboxylic acid groups (broad SMARTS) is 1. The fourth-order valence-corrected chi connectivity index (χ4v) is 2.45. The summed E-state index contributed by atoms with van der Waals surface area (Å²) in [5, 5.41) is 9.36.